The topological polar surface area (TPSA) is 93.8 Å². The first-order chi connectivity index (χ1) is 14.4. The summed E-state index contributed by atoms with van der Waals surface area (Å²) in [5, 5.41) is 14.2. The van der Waals surface area contributed by atoms with E-state index < -0.39 is 23.9 Å². The average molecular weight is 456 g/mol. The quantitative estimate of drug-likeness (QED) is 0.634. The van der Waals surface area contributed by atoms with E-state index in [9.17, 15) is 26.3 Å². The van der Waals surface area contributed by atoms with Crippen molar-refractivity contribution < 1.29 is 50.2 Å². The molecule has 2 N–H and O–H groups in total. The molecule has 0 radical (unpaired) electrons. The van der Waals surface area contributed by atoms with Crippen molar-refractivity contribution in [1.29, 1.82) is 0 Å². The third-order valence-electron chi connectivity index (χ3n) is 3.94. The number of aliphatic carboxylic acids is 1. The third kappa shape index (κ3) is 8.36. The highest BCUT2D eigenvalue weighted by Gasteiger charge is 2.38. The molecule has 3 rings (SSSR count). The molecule has 7 nitrogen and oxygen atoms in total. The number of benzene rings is 1. The number of carbonyl (C=O) groups is 1. The van der Waals surface area contributed by atoms with Crippen molar-refractivity contribution in [2.45, 2.75) is 37.8 Å². The summed E-state index contributed by atoms with van der Waals surface area (Å²) in [7, 11) is 0. The molecule has 0 amide bonds. The van der Waals surface area contributed by atoms with Crippen LogP contribution in [0.15, 0.2) is 34.9 Å². The van der Waals surface area contributed by atoms with Gasteiger partial charge in [0.15, 0.2) is 5.76 Å². The molecule has 0 bridgehead atoms. The minimum atomic E-state index is -5.08. The fourth-order valence-corrected chi connectivity index (χ4v) is 2.41. The number of ether oxygens (including phenoxy) is 2. The molecule has 1 saturated heterocycles. The number of halogens is 6. The van der Waals surface area contributed by atoms with Gasteiger partial charge in [-0.3, -0.25) is 0 Å². The molecule has 0 unspecified atom stereocenters. The molecular weight excluding hydrogens is 438 g/mol. The van der Waals surface area contributed by atoms with Crippen LogP contribution < -0.4 is 14.8 Å². The Labute approximate surface area is 171 Å². The van der Waals surface area contributed by atoms with E-state index in [1.807, 2.05) is 0 Å². The summed E-state index contributed by atoms with van der Waals surface area (Å²) in [5.41, 5.74) is -0.717. The van der Waals surface area contributed by atoms with Gasteiger partial charge in [-0.15, -0.1) is 0 Å². The second kappa shape index (κ2) is 10.4. The number of nitrogens with zero attached hydrogens (tertiary/aromatic N) is 1. The van der Waals surface area contributed by atoms with E-state index in [4.69, 9.17) is 23.9 Å². The molecule has 1 atom stereocenters. The van der Waals surface area contributed by atoms with Gasteiger partial charge in [0.05, 0.1) is 5.56 Å². The lowest BCUT2D eigenvalue weighted by Crippen LogP contribution is -2.28. The molecule has 0 aliphatic carbocycles. The van der Waals surface area contributed by atoms with Gasteiger partial charge in [0.1, 0.15) is 19.0 Å². The van der Waals surface area contributed by atoms with E-state index in [1.165, 1.54) is 12.1 Å². The summed E-state index contributed by atoms with van der Waals surface area (Å²) in [6.07, 6.45) is -7.23. The highest BCUT2D eigenvalue weighted by molar-refractivity contribution is 5.73. The Hall–Kier alpha value is -2.96. The molecule has 1 aliphatic rings. The largest absolute Gasteiger partial charge is 0.490 e. The van der Waals surface area contributed by atoms with E-state index in [1.54, 1.807) is 6.07 Å². The van der Waals surface area contributed by atoms with E-state index in [0.29, 0.717) is 30.0 Å². The molecule has 2 aromatic rings. The van der Waals surface area contributed by atoms with E-state index in [-0.39, 0.29) is 6.61 Å². The molecule has 2 heterocycles. The van der Waals surface area contributed by atoms with Gasteiger partial charge in [0.25, 0.3) is 5.88 Å². The van der Waals surface area contributed by atoms with Crippen LogP contribution in [0, 0.1) is 0 Å². The van der Waals surface area contributed by atoms with Crippen LogP contribution in [0.4, 0.5) is 26.3 Å². The first kappa shape index (κ1) is 24.3. The van der Waals surface area contributed by atoms with Gasteiger partial charge in [-0.25, -0.2) is 4.79 Å². The highest BCUT2D eigenvalue weighted by atomic mass is 19.4. The highest BCUT2D eigenvalue weighted by Crippen LogP contribution is 2.30. The zero-order valence-corrected chi connectivity index (χ0v) is 15.8. The van der Waals surface area contributed by atoms with Crippen molar-refractivity contribution in [3.8, 4) is 11.6 Å². The van der Waals surface area contributed by atoms with Crippen molar-refractivity contribution in [2.24, 2.45) is 0 Å². The van der Waals surface area contributed by atoms with Gasteiger partial charge in [-0.05, 0) is 48.8 Å². The smallest absolute Gasteiger partial charge is 0.486 e. The van der Waals surface area contributed by atoms with E-state index in [0.717, 1.165) is 31.5 Å². The van der Waals surface area contributed by atoms with Crippen LogP contribution in [-0.2, 0) is 17.6 Å². The molecule has 1 fully saturated rings. The minimum Gasteiger partial charge on any atom is -0.486 e. The Morgan fingerprint density at radius 1 is 1.16 bits per heavy atom. The maximum atomic E-state index is 12.5. The van der Waals surface area contributed by atoms with Gasteiger partial charge in [0.2, 0.25) is 0 Å². The molecule has 0 spiro atoms. The Kier molecular flexibility index (Phi) is 8.14. The maximum absolute atomic E-state index is 12.5. The van der Waals surface area contributed by atoms with Crippen molar-refractivity contribution in [3.63, 3.8) is 0 Å². The predicted octanol–water partition coefficient (Wildman–Crippen LogP) is 4.04. The summed E-state index contributed by atoms with van der Waals surface area (Å²) in [4.78, 5) is 8.90. The fraction of sp³-hybridized carbons (Fsp3) is 0.444. The van der Waals surface area contributed by atoms with Crippen LogP contribution in [0.25, 0.3) is 0 Å². The van der Waals surface area contributed by atoms with Gasteiger partial charge in [-0.2, -0.15) is 26.3 Å². The maximum Gasteiger partial charge on any atom is 0.490 e. The lowest BCUT2D eigenvalue weighted by Gasteiger charge is -2.09. The van der Waals surface area contributed by atoms with Crippen molar-refractivity contribution in [3.05, 3.63) is 41.7 Å². The molecule has 0 saturated carbocycles. The SMILES string of the molecule is FC(F)(F)c1ccc(OCc2cc(OC[C@@H]3CCCN3)no2)cc1.O=C(O)C(F)(F)F. The van der Waals surface area contributed by atoms with Gasteiger partial charge in [0, 0.05) is 12.1 Å². The monoisotopic (exact) mass is 456 g/mol. The number of hydrogen-bond acceptors (Lipinski definition) is 6. The molecule has 13 heteroatoms. The van der Waals surface area contributed by atoms with Crippen LogP contribution in [0.1, 0.15) is 24.2 Å². The van der Waals surface area contributed by atoms with E-state index >= 15 is 0 Å². The number of aromatic nitrogens is 1. The zero-order chi connectivity index (χ0) is 23.1. The van der Waals surface area contributed by atoms with Crippen molar-refractivity contribution in [2.75, 3.05) is 13.2 Å². The molecule has 31 heavy (non-hydrogen) atoms. The first-order valence-corrected chi connectivity index (χ1v) is 8.87. The second-order valence-electron chi connectivity index (χ2n) is 6.35. The standard InChI is InChI=1S/C16H17F3N2O3.C2HF3O2/c17-16(18,19)11-3-5-13(6-4-11)22-10-14-8-15(21-24-14)23-9-12-2-1-7-20-12;3-2(4,5)1(6)7/h3-6,8,12,20H,1-2,7,9-10H2;(H,6,7)/t12-;/m0./s1. The predicted molar refractivity (Wildman–Crippen MR) is 92.5 cm³/mol. The fourth-order valence-electron chi connectivity index (χ4n) is 2.41. The van der Waals surface area contributed by atoms with Crippen LogP contribution in [-0.4, -0.2) is 41.6 Å². The van der Waals surface area contributed by atoms with Crippen LogP contribution in [0.3, 0.4) is 0 Å². The summed E-state index contributed by atoms with van der Waals surface area (Å²) < 4.78 is 85.2. The molecule has 1 aliphatic heterocycles. The lowest BCUT2D eigenvalue weighted by atomic mass is 10.2. The number of hydrogen-bond donors (Lipinski definition) is 2. The molecule has 172 valence electrons. The normalized spacial score (nSPS) is 16.4. The third-order valence-corrected chi connectivity index (χ3v) is 3.94. The Bertz CT molecular complexity index is 829. The summed E-state index contributed by atoms with van der Waals surface area (Å²) in [6.45, 7) is 1.58. The second-order valence-corrected chi connectivity index (χ2v) is 6.35. The Morgan fingerprint density at radius 3 is 2.32 bits per heavy atom. The Balaban J connectivity index is 0.000000423. The Morgan fingerprint density at radius 2 is 1.81 bits per heavy atom. The number of nitrogens with one attached hydrogen (secondary N) is 1. The molecule has 1 aromatic carbocycles. The minimum absolute atomic E-state index is 0.0589. The summed E-state index contributed by atoms with van der Waals surface area (Å²) >= 11 is 0. The van der Waals surface area contributed by atoms with Crippen LogP contribution >= 0.6 is 0 Å². The zero-order valence-electron chi connectivity index (χ0n) is 15.8. The summed E-state index contributed by atoms with van der Waals surface area (Å²) in [5.74, 6) is -1.64. The number of carboxylic acids is 1. The number of carboxylic acid groups (broad SMARTS) is 1. The first-order valence-electron chi connectivity index (χ1n) is 8.87. The van der Waals surface area contributed by atoms with Gasteiger partial charge < -0.3 is 24.4 Å². The average Bonchev–Trinajstić information content (AvgIpc) is 3.36. The molecular formula is C18H18F6N2O5. The summed E-state index contributed by atoms with van der Waals surface area (Å²) in [6, 6.07) is 6.41. The van der Waals surface area contributed by atoms with Crippen LogP contribution in [0.5, 0.6) is 11.6 Å². The van der Waals surface area contributed by atoms with Crippen LogP contribution in [0.2, 0.25) is 0 Å². The number of alkyl halides is 6. The number of rotatable bonds is 6. The van der Waals surface area contributed by atoms with Crippen molar-refractivity contribution >= 4 is 5.97 Å². The van der Waals surface area contributed by atoms with Gasteiger partial charge in [-0.1, -0.05) is 0 Å². The molecule has 1 aromatic heterocycles. The van der Waals surface area contributed by atoms with Gasteiger partial charge >= 0.3 is 18.3 Å². The van der Waals surface area contributed by atoms with E-state index in [2.05, 4.69) is 10.5 Å². The van der Waals surface area contributed by atoms with Crippen molar-refractivity contribution in [1.82, 2.24) is 10.5 Å². The lowest BCUT2D eigenvalue weighted by molar-refractivity contribution is -0.192.